The molecule has 2 aromatic rings. The number of piperidine rings is 1. The summed E-state index contributed by atoms with van der Waals surface area (Å²) in [6, 6.07) is 10.8. The number of aromatic nitrogens is 3. The number of hydrogen-bond acceptors (Lipinski definition) is 5. The molecule has 2 heterocycles. The summed E-state index contributed by atoms with van der Waals surface area (Å²) in [7, 11) is 0. The van der Waals surface area contributed by atoms with Crippen LogP contribution in [0.15, 0.2) is 35.5 Å². The largest absolute Gasteiger partial charge is 0.349 e. The fraction of sp³-hybridized carbons (Fsp3) is 0.625. The van der Waals surface area contributed by atoms with E-state index in [0.29, 0.717) is 17.7 Å². The van der Waals surface area contributed by atoms with Gasteiger partial charge < -0.3 is 10.2 Å². The van der Waals surface area contributed by atoms with Crippen LogP contribution in [0.4, 0.5) is 5.95 Å². The highest BCUT2D eigenvalue weighted by atomic mass is 32.2. The van der Waals surface area contributed by atoms with E-state index in [1.807, 2.05) is 18.2 Å². The third-order valence-corrected chi connectivity index (χ3v) is 7.14. The topological polar surface area (TPSA) is 63.1 Å². The maximum absolute atomic E-state index is 12.8. The number of carbonyl (C=O) groups excluding carboxylic acids is 1. The molecule has 4 rings (SSSR count). The van der Waals surface area contributed by atoms with Crippen LogP contribution in [-0.2, 0) is 4.79 Å². The van der Waals surface area contributed by atoms with Crippen LogP contribution in [0.5, 0.6) is 0 Å². The van der Waals surface area contributed by atoms with Crippen molar-refractivity contribution < 1.29 is 4.79 Å². The molecule has 1 unspecified atom stereocenters. The van der Waals surface area contributed by atoms with Crippen molar-refractivity contribution in [3.63, 3.8) is 0 Å². The average Bonchev–Trinajstić information content (AvgIpc) is 3.52. The van der Waals surface area contributed by atoms with Crippen molar-refractivity contribution in [1.82, 2.24) is 20.1 Å². The number of nitrogens with one attached hydrogen (secondary N) is 1. The maximum atomic E-state index is 12.8. The minimum atomic E-state index is 0.0431. The van der Waals surface area contributed by atoms with Gasteiger partial charge >= 0.3 is 0 Å². The van der Waals surface area contributed by atoms with Gasteiger partial charge in [0.15, 0.2) is 5.16 Å². The number of carbonyl (C=O) groups is 1. The van der Waals surface area contributed by atoms with E-state index < -0.39 is 0 Å². The van der Waals surface area contributed by atoms with Crippen molar-refractivity contribution in [1.29, 1.82) is 0 Å². The summed E-state index contributed by atoms with van der Waals surface area (Å²) in [5, 5.41) is 13.1. The molecule has 2 fully saturated rings. The number of nitrogens with zero attached hydrogens (tertiary/aromatic N) is 4. The van der Waals surface area contributed by atoms with Crippen molar-refractivity contribution in [2.24, 2.45) is 11.8 Å². The molecule has 7 heteroatoms. The molecule has 1 atom stereocenters. The van der Waals surface area contributed by atoms with E-state index in [4.69, 9.17) is 0 Å². The van der Waals surface area contributed by atoms with Crippen LogP contribution in [0.1, 0.15) is 70.5 Å². The quantitative estimate of drug-likeness (QED) is 0.564. The summed E-state index contributed by atoms with van der Waals surface area (Å²) in [6.45, 7) is 8.80. The highest BCUT2D eigenvalue weighted by Crippen LogP contribution is 2.41. The fourth-order valence-electron chi connectivity index (χ4n) is 4.25. The number of thioether (sulfide) groups is 1. The number of benzene rings is 1. The average molecular weight is 442 g/mol. The molecule has 2 aliphatic rings. The standard InChI is InChI=1S/C24H35N5OS/c1-17(2)15-21(19-7-5-4-6-8-19)25-22(30)16-31-24-27-26-23(29(24)20-9-10-20)28-13-11-18(3)12-14-28/h4-8,17-18,20-21H,9-16H2,1-3H3,(H,25,30). The molecule has 168 valence electrons. The van der Waals surface area contributed by atoms with Crippen LogP contribution in [-0.4, -0.2) is 39.5 Å². The Morgan fingerprint density at radius 2 is 1.84 bits per heavy atom. The van der Waals surface area contributed by atoms with Crippen LogP contribution in [0.3, 0.4) is 0 Å². The van der Waals surface area contributed by atoms with Gasteiger partial charge in [0.2, 0.25) is 11.9 Å². The molecule has 0 radical (unpaired) electrons. The zero-order chi connectivity index (χ0) is 21.8. The Labute approximate surface area is 190 Å². The van der Waals surface area contributed by atoms with Crippen LogP contribution in [0, 0.1) is 11.8 Å². The van der Waals surface area contributed by atoms with Crippen LogP contribution >= 0.6 is 11.8 Å². The highest BCUT2D eigenvalue weighted by molar-refractivity contribution is 7.99. The lowest BCUT2D eigenvalue weighted by Crippen LogP contribution is -2.34. The summed E-state index contributed by atoms with van der Waals surface area (Å²) in [5.74, 6) is 2.71. The van der Waals surface area contributed by atoms with Gasteiger partial charge in [-0.2, -0.15) is 0 Å². The van der Waals surface area contributed by atoms with E-state index in [0.717, 1.165) is 42.1 Å². The molecule has 1 aromatic carbocycles. The summed E-state index contributed by atoms with van der Waals surface area (Å²) >= 11 is 1.52. The van der Waals surface area contributed by atoms with E-state index in [1.165, 1.54) is 37.4 Å². The van der Waals surface area contributed by atoms with Gasteiger partial charge in [0.1, 0.15) is 0 Å². The third kappa shape index (κ3) is 5.82. The molecule has 1 saturated heterocycles. The van der Waals surface area contributed by atoms with E-state index in [9.17, 15) is 4.79 Å². The molecular formula is C24H35N5OS. The molecule has 1 aliphatic carbocycles. The lowest BCUT2D eigenvalue weighted by molar-refractivity contribution is -0.119. The second-order valence-corrected chi connectivity index (χ2v) is 10.4. The van der Waals surface area contributed by atoms with E-state index in [2.05, 4.69) is 57.9 Å². The van der Waals surface area contributed by atoms with Crippen molar-refractivity contribution in [2.75, 3.05) is 23.7 Å². The van der Waals surface area contributed by atoms with Crippen molar-refractivity contribution in [3.05, 3.63) is 35.9 Å². The lowest BCUT2D eigenvalue weighted by Gasteiger charge is -2.31. The van der Waals surface area contributed by atoms with Gasteiger partial charge in [-0.15, -0.1) is 10.2 Å². The Morgan fingerprint density at radius 3 is 2.48 bits per heavy atom. The first-order chi connectivity index (χ1) is 15.0. The molecule has 1 aromatic heterocycles. The van der Waals surface area contributed by atoms with Crippen LogP contribution in [0.25, 0.3) is 0 Å². The molecule has 1 aliphatic heterocycles. The minimum absolute atomic E-state index is 0.0431. The predicted molar refractivity (Wildman–Crippen MR) is 126 cm³/mol. The number of amides is 1. The Bertz CT molecular complexity index is 856. The molecule has 31 heavy (non-hydrogen) atoms. The molecule has 1 saturated carbocycles. The first-order valence-corrected chi connectivity index (χ1v) is 12.7. The van der Waals surface area contributed by atoms with Gasteiger partial charge in [0, 0.05) is 19.1 Å². The first kappa shape index (κ1) is 22.2. The Balaban J connectivity index is 1.40. The number of rotatable bonds is 9. The van der Waals surface area contributed by atoms with Gasteiger partial charge in [0.25, 0.3) is 0 Å². The molecule has 1 amide bonds. The van der Waals surface area contributed by atoms with E-state index in [-0.39, 0.29) is 11.9 Å². The Morgan fingerprint density at radius 1 is 1.13 bits per heavy atom. The molecule has 6 nitrogen and oxygen atoms in total. The SMILES string of the molecule is CC(C)CC(NC(=O)CSc1nnc(N2CCC(C)CC2)n1C1CC1)c1ccccc1. The zero-order valence-electron chi connectivity index (χ0n) is 19.0. The molecule has 0 spiro atoms. The number of anilines is 1. The Hall–Kier alpha value is -2.02. The van der Waals surface area contributed by atoms with Gasteiger partial charge in [-0.25, -0.2) is 0 Å². The van der Waals surface area contributed by atoms with Crippen molar-refractivity contribution in [3.8, 4) is 0 Å². The van der Waals surface area contributed by atoms with Crippen molar-refractivity contribution >= 4 is 23.6 Å². The predicted octanol–water partition coefficient (Wildman–Crippen LogP) is 4.85. The monoisotopic (exact) mass is 441 g/mol. The summed E-state index contributed by atoms with van der Waals surface area (Å²) in [6.07, 6.45) is 5.70. The molecule has 0 bridgehead atoms. The van der Waals surface area contributed by atoms with Gasteiger partial charge in [0.05, 0.1) is 11.8 Å². The second kappa shape index (κ2) is 10.1. The molecule has 1 N–H and O–H groups in total. The lowest BCUT2D eigenvalue weighted by atomic mass is 9.97. The Kier molecular flexibility index (Phi) is 7.20. The first-order valence-electron chi connectivity index (χ1n) is 11.7. The van der Waals surface area contributed by atoms with E-state index in [1.54, 1.807) is 0 Å². The third-order valence-electron chi connectivity index (χ3n) is 6.20. The minimum Gasteiger partial charge on any atom is -0.349 e. The number of hydrogen-bond donors (Lipinski definition) is 1. The van der Waals surface area contributed by atoms with Gasteiger partial charge in [-0.05, 0) is 49.5 Å². The summed E-state index contributed by atoms with van der Waals surface area (Å²) < 4.78 is 2.29. The smallest absolute Gasteiger partial charge is 0.230 e. The van der Waals surface area contributed by atoms with Crippen molar-refractivity contribution in [2.45, 2.75) is 70.1 Å². The highest BCUT2D eigenvalue weighted by Gasteiger charge is 2.32. The molecular weight excluding hydrogens is 406 g/mol. The zero-order valence-corrected chi connectivity index (χ0v) is 19.8. The summed E-state index contributed by atoms with van der Waals surface area (Å²) in [4.78, 5) is 15.2. The maximum Gasteiger partial charge on any atom is 0.230 e. The summed E-state index contributed by atoms with van der Waals surface area (Å²) in [5.41, 5.74) is 1.16. The van der Waals surface area contributed by atoms with Gasteiger partial charge in [-0.1, -0.05) is 62.9 Å². The second-order valence-electron chi connectivity index (χ2n) is 9.50. The fourth-order valence-corrected chi connectivity index (χ4v) is 5.06. The van der Waals surface area contributed by atoms with Crippen LogP contribution < -0.4 is 10.2 Å². The van der Waals surface area contributed by atoms with Gasteiger partial charge in [-0.3, -0.25) is 9.36 Å². The normalized spacial score (nSPS) is 18.4. The van der Waals surface area contributed by atoms with E-state index >= 15 is 0 Å². The van der Waals surface area contributed by atoms with Crippen LogP contribution in [0.2, 0.25) is 0 Å².